The number of nitrogens with zero attached hydrogens (tertiary/aromatic N) is 2. The van der Waals surface area contributed by atoms with Crippen molar-refractivity contribution in [3.8, 4) is 0 Å². The van der Waals surface area contributed by atoms with Gasteiger partial charge in [0.05, 0.1) is 24.9 Å². The summed E-state index contributed by atoms with van der Waals surface area (Å²) in [6.07, 6.45) is 0.244. The van der Waals surface area contributed by atoms with Gasteiger partial charge in [-0.2, -0.15) is 0 Å². The van der Waals surface area contributed by atoms with Crippen molar-refractivity contribution >= 4 is 5.69 Å². The Bertz CT molecular complexity index is 709. The highest BCUT2D eigenvalue weighted by Crippen LogP contribution is 2.35. The first-order valence-corrected chi connectivity index (χ1v) is 10.5. The van der Waals surface area contributed by atoms with Gasteiger partial charge in [0.15, 0.2) is 0 Å². The molecule has 1 fully saturated rings. The normalized spacial score (nSPS) is 18.1. The van der Waals surface area contributed by atoms with Crippen molar-refractivity contribution in [2.45, 2.75) is 38.8 Å². The van der Waals surface area contributed by atoms with Crippen molar-refractivity contribution in [2.75, 3.05) is 44.3 Å². The maximum Gasteiger partial charge on any atom is 0.0974 e. The maximum absolute atomic E-state index is 11.5. The van der Waals surface area contributed by atoms with E-state index in [0.29, 0.717) is 0 Å². The Balaban J connectivity index is 1.84. The van der Waals surface area contributed by atoms with Gasteiger partial charge in [-0.25, -0.2) is 0 Å². The molecular formula is C24H34N2O2. The fourth-order valence-electron chi connectivity index (χ4n) is 4.38. The number of hydrogen-bond donors (Lipinski definition) is 1. The number of rotatable bonds is 8. The van der Waals surface area contributed by atoms with Gasteiger partial charge in [0.25, 0.3) is 0 Å². The van der Waals surface area contributed by atoms with Gasteiger partial charge < -0.3 is 14.7 Å². The fourth-order valence-corrected chi connectivity index (χ4v) is 4.38. The summed E-state index contributed by atoms with van der Waals surface area (Å²) < 4.78 is 5.45. The lowest BCUT2D eigenvalue weighted by molar-refractivity contribution is -0.0187. The van der Waals surface area contributed by atoms with E-state index in [1.807, 2.05) is 6.07 Å². The summed E-state index contributed by atoms with van der Waals surface area (Å²) in [6.45, 7) is 11.7. The number of aliphatic hydroxyl groups excluding tert-OH is 1. The van der Waals surface area contributed by atoms with Crippen LogP contribution in [0.15, 0.2) is 54.6 Å². The Kier molecular flexibility index (Phi) is 7.11. The number of benzene rings is 2. The predicted octanol–water partition coefficient (Wildman–Crippen LogP) is 3.90. The molecule has 2 aromatic carbocycles. The molecule has 4 heteroatoms. The zero-order valence-electron chi connectivity index (χ0n) is 17.5. The molecule has 1 aliphatic heterocycles. The summed E-state index contributed by atoms with van der Waals surface area (Å²) in [6, 6.07) is 18.9. The van der Waals surface area contributed by atoms with Crippen LogP contribution in [0.25, 0.3) is 0 Å². The lowest BCUT2D eigenvalue weighted by atomic mass is 9.82. The molecule has 1 aliphatic rings. The minimum absolute atomic E-state index is 0.370. The number of ether oxygens (including phenoxy) is 1. The second-order valence-corrected chi connectivity index (χ2v) is 7.79. The molecule has 1 saturated heterocycles. The zero-order chi connectivity index (χ0) is 20.0. The summed E-state index contributed by atoms with van der Waals surface area (Å²) >= 11 is 0. The van der Waals surface area contributed by atoms with Crippen molar-refractivity contribution < 1.29 is 9.84 Å². The number of likely N-dealkylation sites (N-methyl/N-ethyl adjacent to an activating group) is 1. The van der Waals surface area contributed by atoms with Gasteiger partial charge in [-0.15, -0.1) is 0 Å². The fraction of sp³-hybridized carbons (Fsp3) is 0.500. The van der Waals surface area contributed by atoms with Crippen molar-refractivity contribution in [3.05, 3.63) is 65.7 Å². The molecule has 0 amide bonds. The number of anilines is 1. The second-order valence-electron chi connectivity index (χ2n) is 7.79. The molecule has 152 valence electrons. The average Bonchev–Trinajstić information content (AvgIpc) is 2.75. The zero-order valence-corrected chi connectivity index (χ0v) is 17.5. The van der Waals surface area contributed by atoms with Crippen LogP contribution in [0.5, 0.6) is 0 Å². The van der Waals surface area contributed by atoms with Gasteiger partial charge in [-0.3, -0.25) is 4.90 Å². The van der Waals surface area contributed by atoms with Gasteiger partial charge in [0, 0.05) is 18.8 Å². The third-order valence-electron chi connectivity index (χ3n) is 6.06. The highest BCUT2D eigenvalue weighted by molar-refractivity contribution is 5.48. The molecular weight excluding hydrogens is 348 g/mol. The van der Waals surface area contributed by atoms with Gasteiger partial charge >= 0.3 is 0 Å². The standard InChI is InChI=1S/C24H34N2O2/c1-4-26(5-2)24(3,19-20-9-7-6-8-10-20)23(27)21-11-13-22(14-12-21)25-15-17-28-18-16-25/h6-14,23,27H,4-5,15-19H2,1-3H3. The first kappa shape index (κ1) is 20.8. The van der Waals surface area contributed by atoms with Gasteiger partial charge in [-0.05, 0) is 49.7 Å². The summed E-state index contributed by atoms with van der Waals surface area (Å²) in [5.74, 6) is 0. The minimum Gasteiger partial charge on any atom is -0.386 e. The van der Waals surface area contributed by atoms with E-state index in [0.717, 1.165) is 51.4 Å². The minimum atomic E-state index is -0.564. The lowest BCUT2D eigenvalue weighted by Crippen LogP contribution is -2.52. The van der Waals surface area contributed by atoms with Crippen LogP contribution in [0.2, 0.25) is 0 Å². The third kappa shape index (κ3) is 4.57. The summed E-state index contributed by atoms with van der Waals surface area (Å²) in [4.78, 5) is 4.72. The quantitative estimate of drug-likeness (QED) is 0.751. The Morgan fingerprint density at radius 1 is 1.00 bits per heavy atom. The third-order valence-corrected chi connectivity index (χ3v) is 6.06. The van der Waals surface area contributed by atoms with E-state index < -0.39 is 6.10 Å². The summed E-state index contributed by atoms with van der Waals surface area (Å²) in [5, 5.41) is 11.5. The molecule has 0 spiro atoms. The second kappa shape index (κ2) is 9.55. The van der Waals surface area contributed by atoms with Gasteiger partial charge in [0.1, 0.15) is 0 Å². The van der Waals surface area contributed by atoms with Crippen LogP contribution in [-0.2, 0) is 11.2 Å². The smallest absolute Gasteiger partial charge is 0.0974 e. The molecule has 2 unspecified atom stereocenters. The van der Waals surface area contributed by atoms with E-state index in [1.54, 1.807) is 0 Å². The molecule has 2 atom stereocenters. The molecule has 4 nitrogen and oxygen atoms in total. The Hall–Kier alpha value is -1.88. The topological polar surface area (TPSA) is 35.9 Å². The molecule has 0 saturated carbocycles. The van der Waals surface area contributed by atoms with Gasteiger partial charge in [-0.1, -0.05) is 56.3 Å². The summed E-state index contributed by atoms with van der Waals surface area (Å²) in [7, 11) is 0. The molecule has 0 radical (unpaired) electrons. The van der Waals surface area contributed by atoms with E-state index in [9.17, 15) is 5.11 Å². The Labute approximate surface area is 169 Å². The van der Waals surface area contributed by atoms with Gasteiger partial charge in [0.2, 0.25) is 0 Å². The largest absolute Gasteiger partial charge is 0.386 e. The van der Waals surface area contributed by atoms with E-state index in [1.165, 1.54) is 11.3 Å². The molecule has 1 N–H and O–H groups in total. The van der Waals surface area contributed by atoms with Crippen molar-refractivity contribution in [1.29, 1.82) is 0 Å². The van der Waals surface area contributed by atoms with E-state index in [4.69, 9.17) is 4.74 Å². The van der Waals surface area contributed by atoms with Crippen molar-refractivity contribution in [3.63, 3.8) is 0 Å². The Morgan fingerprint density at radius 3 is 2.18 bits per heavy atom. The van der Waals surface area contributed by atoms with Crippen LogP contribution in [0.1, 0.15) is 38.0 Å². The van der Waals surface area contributed by atoms with Crippen molar-refractivity contribution in [2.24, 2.45) is 0 Å². The lowest BCUT2D eigenvalue weighted by Gasteiger charge is -2.44. The van der Waals surface area contributed by atoms with E-state index >= 15 is 0 Å². The molecule has 1 heterocycles. The highest BCUT2D eigenvalue weighted by Gasteiger charge is 2.38. The first-order chi connectivity index (χ1) is 13.6. The van der Waals surface area contributed by atoms with Crippen LogP contribution >= 0.6 is 0 Å². The molecule has 0 bridgehead atoms. The first-order valence-electron chi connectivity index (χ1n) is 10.5. The SMILES string of the molecule is CCN(CC)C(C)(Cc1ccccc1)C(O)c1ccc(N2CCOCC2)cc1. The number of aliphatic hydroxyl groups is 1. The maximum atomic E-state index is 11.5. The monoisotopic (exact) mass is 382 g/mol. The van der Waals surface area contributed by atoms with Crippen LogP contribution in [0.4, 0.5) is 5.69 Å². The molecule has 0 aromatic heterocycles. The average molecular weight is 383 g/mol. The van der Waals surface area contributed by atoms with Crippen LogP contribution in [0, 0.1) is 0 Å². The molecule has 28 heavy (non-hydrogen) atoms. The van der Waals surface area contributed by atoms with E-state index in [2.05, 4.69) is 79.1 Å². The molecule has 2 aromatic rings. The number of morpholine rings is 1. The van der Waals surface area contributed by atoms with Crippen LogP contribution < -0.4 is 4.90 Å². The van der Waals surface area contributed by atoms with Crippen molar-refractivity contribution in [1.82, 2.24) is 4.90 Å². The highest BCUT2D eigenvalue weighted by atomic mass is 16.5. The molecule has 3 rings (SSSR count). The Morgan fingerprint density at radius 2 is 1.61 bits per heavy atom. The predicted molar refractivity (Wildman–Crippen MR) is 116 cm³/mol. The van der Waals surface area contributed by atoms with Crippen LogP contribution in [-0.4, -0.2) is 54.9 Å². The number of hydrogen-bond acceptors (Lipinski definition) is 4. The van der Waals surface area contributed by atoms with Crippen LogP contribution in [0.3, 0.4) is 0 Å². The molecule has 0 aliphatic carbocycles. The summed E-state index contributed by atoms with van der Waals surface area (Å²) in [5.41, 5.74) is 3.06. The van der Waals surface area contributed by atoms with E-state index in [-0.39, 0.29) is 5.54 Å².